The van der Waals surface area contributed by atoms with E-state index in [0.29, 0.717) is 0 Å². The number of amides is 1. The molecule has 0 atom stereocenters. The molecule has 1 amide bonds. The molecule has 1 aliphatic rings. The summed E-state index contributed by atoms with van der Waals surface area (Å²) in [5.41, 5.74) is -0.462. The number of hydrogen-bond acceptors (Lipinski definition) is 3. The largest absolute Gasteiger partial charge is 0.443 e. The van der Waals surface area contributed by atoms with Crippen molar-refractivity contribution in [3.63, 3.8) is 0 Å². The molecule has 0 aliphatic carbocycles. The van der Waals surface area contributed by atoms with Gasteiger partial charge in [-0.1, -0.05) is 27.7 Å². The molecule has 0 aromatic rings. The van der Waals surface area contributed by atoms with Crippen molar-refractivity contribution in [2.45, 2.75) is 86.8 Å². The van der Waals surface area contributed by atoms with Crippen molar-refractivity contribution in [1.82, 2.24) is 10.0 Å². The first-order valence-corrected chi connectivity index (χ1v) is 7.89. The van der Waals surface area contributed by atoms with Gasteiger partial charge in [-0.15, -0.1) is 0 Å². The molecule has 4 heteroatoms. The van der Waals surface area contributed by atoms with E-state index in [4.69, 9.17) is 4.74 Å². The molecule has 122 valence electrons. The Hall–Kier alpha value is -0.770. The Morgan fingerprint density at radius 3 is 1.70 bits per heavy atom. The van der Waals surface area contributed by atoms with Crippen LogP contribution in [-0.4, -0.2) is 40.3 Å². The molecule has 0 unspecified atom stereocenters. The van der Waals surface area contributed by atoms with Gasteiger partial charge < -0.3 is 4.74 Å². The van der Waals surface area contributed by atoms with Crippen LogP contribution in [0, 0.1) is 0 Å². The average molecular weight is 288 g/mol. The molecular formula is C16H36N2O2. The fraction of sp³-hybridized carbons (Fsp3) is 0.938. The van der Waals surface area contributed by atoms with Crippen molar-refractivity contribution in [3.05, 3.63) is 0 Å². The summed E-state index contributed by atoms with van der Waals surface area (Å²) < 4.78 is 5.39. The molecule has 0 radical (unpaired) electrons. The maximum absolute atomic E-state index is 12.0. The van der Waals surface area contributed by atoms with E-state index in [0.717, 1.165) is 19.5 Å². The monoisotopic (exact) mass is 288 g/mol. The predicted octanol–water partition coefficient (Wildman–Crippen LogP) is 4.70. The van der Waals surface area contributed by atoms with E-state index in [-0.39, 0.29) is 11.6 Å². The summed E-state index contributed by atoms with van der Waals surface area (Å²) in [7, 11) is 0. The molecule has 0 bridgehead atoms. The van der Waals surface area contributed by atoms with Gasteiger partial charge in [-0.25, -0.2) is 14.8 Å². The number of ether oxygens (including phenoxy) is 1. The van der Waals surface area contributed by atoms with Gasteiger partial charge >= 0.3 is 6.09 Å². The molecule has 1 aliphatic heterocycles. The highest BCUT2D eigenvalue weighted by Gasteiger charge is 2.36. The standard InChI is InChI=1S/C12H24N2O2.2C2H6/c1-11(2,3)14-9-7-8-13(14)10(15)16-12(4,5)6;2*1-2/h7-9H2,1-6H3;2*1-2H3. The summed E-state index contributed by atoms with van der Waals surface area (Å²) in [6.07, 6.45) is 0.774. The van der Waals surface area contributed by atoms with Gasteiger partial charge in [-0.2, -0.15) is 0 Å². The fourth-order valence-electron chi connectivity index (χ4n) is 1.81. The van der Waals surface area contributed by atoms with Crippen molar-refractivity contribution in [1.29, 1.82) is 0 Å². The van der Waals surface area contributed by atoms with Crippen LogP contribution < -0.4 is 0 Å². The third-order valence-electron chi connectivity index (χ3n) is 2.41. The Balaban J connectivity index is 0. The second kappa shape index (κ2) is 9.22. The summed E-state index contributed by atoms with van der Waals surface area (Å²) in [6.45, 7) is 21.7. The summed E-state index contributed by atoms with van der Waals surface area (Å²) in [6, 6.07) is 0. The molecule has 0 saturated carbocycles. The Labute approximate surface area is 126 Å². The van der Waals surface area contributed by atoms with Gasteiger partial charge in [0, 0.05) is 18.6 Å². The Bertz CT molecular complexity index is 265. The Morgan fingerprint density at radius 1 is 0.900 bits per heavy atom. The molecule has 0 spiro atoms. The van der Waals surface area contributed by atoms with Crippen LogP contribution in [0.1, 0.15) is 75.7 Å². The first-order chi connectivity index (χ1) is 9.11. The van der Waals surface area contributed by atoms with Crippen LogP contribution in [0.2, 0.25) is 0 Å². The van der Waals surface area contributed by atoms with Crippen LogP contribution in [0.15, 0.2) is 0 Å². The van der Waals surface area contributed by atoms with Gasteiger partial charge in [0.05, 0.1) is 0 Å². The lowest BCUT2D eigenvalue weighted by Gasteiger charge is -2.38. The lowest BCUT2D eigenvalue weighted by atomic mass is 10.1. The molecule has 0 N–H and O–H groups in total. The van der Waals surface area contributed by atoms with Crippen LogP contribution in [0.3, 0.4) is 0 Å². The van der Waals surface area contributed by atoms with Gasteiger partial charge in [0.15, 0.2) is 0 Å². The zero-order valence-corrected chi connectivity index (χ0v) is 15.3. The van der Waals surface area contributed by atoms with E-state index in [2.05, 4.69) is 25.8 Å². The van der Waals surface area contributed by atoms with Crippen LogP contribution >= 0.6 is 0 Å². The highest BCUT2D eigenvalue weighted by Crippen LogP contribution is 2.24. The van der Waals surface area contributed by atoms with Crippen molar-refractivity contribution in [2.75, 3.05) is 13.1 Å². The summed E-state index contributed by atoms with van der Waals surface area (Å²) in [5.74, 6) is 0. The smallest absolute Gasteiger partial charge is 0.424 e. The zero-order valence-electron chi connectivity index (χ0n) is 15.3. The quantitative estimate of drug-likeness (QED) is 0.648. The highest BCUT2D eigenvalue weighted by molar-refractivity contribution is 5.67. The molecule has 1 saturated heterocycles. The second-order valence-electron chi connectivity index (χ2n) is 6.25. The molecule has 0 aromatic heterocycles. The van der Waals surface area contributed by atoms with E-state index < -0.39 is 5.60 Å². The van der Waals surface area contributed by atoms with Crippen LogP contribution in [0.4, 0.5) is 4.79 Å². The van der Waals surface area contributed by atoms with Gasteiger partial charge in [-0.3, -0.25) is 0 Å². The summed E-state index contributed by atoms with van der Waals surface area (Å²) in [4.78, 5) is 12.0. The third-order valence-corrected chi connectivity index (χ3v) is 2.41. The zero-order chi connectivity index (χ0) is 16.6. The second-order valence-corrected chi connectivity index (χ2v) is 6.25. The van der Waals surface area contributed by atoms with Crippen molar-refractivity contribution < 1.29 is 9.53 Å². The fourth-order valence-corrected chi connectivity index (χ4v) is 1.81. The SMILES string of the molecule is CC.CC.CC(C)(C)OC(=O)N1CCCN1C(C)(C)C. The van der Waals surface area contributed by atoms with Crippen LogP contribution in [-0.2, 0) is 4.74 Å². The van der Waals surface area contributed by atoms with Crippen LogP contribution in [0.5, 0.6) is 0 Å². The topological polar surface area (TPSA) is 32.8 Å². The number of hydrogen-bond donors (Lipinski definition) is 0. The normalized spacial score (nSPS) is 15.8. The highest BCUT2D eigenvalue weighted by atomic mass is 16.6. The van der Waals surface area contributed by atoms with Crippen molar-refractivity contribution >= 4 is 6.09 Å². The maximum atomic E-state index is 12.0. The van der Waals surface area contributed by atoms with Gasteiger partial charge in [0.2, 0.25) is 0 Å². The molecule has 20 heavy (non-hydrogen) atoms. The molecule has 0 aromatic carbocycles. The van der Waals surface area contributed by atoms with Gasteiger partial charge in [-0.05, 0) is 48.0 Å². The average Bonchev–Trinajstić information content (AvgIpc) is 2.81. The lowest BCUT2D eigenvalue weighted by Crippen LogP contribution is -2.52. The Morgan fingerprint density at radius 2 is 1.35 bits per heavy atom. The Kier molecular flexibility index (Phi) is 9.92. The molecule has 4 nitrogen and oxygen atoms in total. The van der Waals surface area contributed by atoms with E-state index in [1.54, 1.807) is 5.01 Å². The number of rotatable bonds is 0. The molecular weight excluding hydrogens is 252 g/mol. The molecule has 1 fully saturated rings. The minimum atomic E-state index is -0.427. The lowest BCUT2D eigenvalue weighted by molar-refractivity contribution is -0.0630. The molecule has 1 rings (SSSR count). The van der Waals surface area contributed by atoms with Crippen molar-refractivity contribution in [3.8, 4) is 0 Å². The number of nitrogens with zero attached hydrogens (tertiary/aromatic N) is 2. The number of carbonyl (C=O) groups is 1. The van der Waals surface area contributed by atoms with E-state index >= 15 is 0 Å². The molecule has 1 heterocycles. The van der Waals surface area contributed by atoms with E-state index in [1.165, 1.54) is 0 Å². The number of carbonyl (C=O) groups excluding carboxylic acids is 1. The van der Waals surface area contributed by atoms with E-state index in [9.17, 15) is 4.79 Å². The minimum Gasteiger partial charge on any atom is -0.443 e. The van der Waals surface area contributed by atoms with E-state index in [1.807, 2.05) is 48.5 Å². The number of hydrazine groups is 1. The maximum Gasteiger partial charge on any atom is 0.424 e. The summed E-state index contributed by atoms with van der Waals surface area (Å²) in [5, 5.41) is 3.81. The van der Waals surface area contributed by atoms with Gasteiger partial charge in [0.1, 0.15) is 5.60 Å². The first kappa shape index (κ1) is 21.5. The minimum absolute atomic E-state index is 0.0343. The first-order valence-electron chi connectivity index (χ1n) is 7.89. The predicted molar refractivity (Wildman–Crippen MR) is 86.7 cm³/mol. The third kappa shape index (κ3) is 7.73. The van der Waals surface area contributed by atoms with Crippen LogP contribution in [0.25, 0.3) is 0 Å². The summed E-state index contributed by atoms with van der Waals surface area (Å²) >= 11 is 0. The van der Waals surface area contributed by atoms with Crippen molar-refractivity contribution in [2.24, 2.45) is 0 Å². The van der Waals surface area contributed by atoms with Gasteiger partial charge in [0.25, 0.3) is 0 Å².